The van der Waals surface area contributed by atoms with Gasteiger partial charge in [0.05, 0.1) is 6.04 Å². The van der Waals surface area contributed by atoms with E-state index < -0.39 is 30.8 Å². The van der Waals surface area contributed by atoms with Crippen LogP contribution < -0.4 is 10.1 Å². The second-order valence-electron chi connectivity index (χ2n) is 7.34. The number of alkyl halides is 3. The summed E-state index contributed by atoms with van der Waals surface area (Å²) in [5.74, 6) is -0.0518. The third-order valence-corrected chi connectivity index (χ3v) is 4.98. The Balaban J connectivity index is 1.47. The molecular weight excluding hydrogens is 397 g/mol. The van der Waals surface area contributed by atoms with E-state index in [1.807, 2.05) is 59.9 Å². The first kappa shape index (κ1) is 22.1. The maximum Gasteiger partial charge on any atom is 0.405 e. The SMILES string of the molecule is O=C(NCC(F)(F)F)C1CCCN1CC(O)COc1ccc(-c2ccccc2)cc1. The molecule has 2 aromatic carbocycles. The van der Waals surface area contributed by atoms with Crippen molar-refractivity contribution in [3.05, 3.63) is 54.6 Å². The molecule has 2 atom stereocenters. The Hall–Kier alpha value is -2.58. The molecule has 0 radical (unpaired) electrons. The molecule has 3 rings (SSSR count). The van der Waals surface area contributed by atoms with Crippen LogP contribution in [0.1, 0.15) is 12.8 Å². The number of hydrogen-bond donors (Lipinski definition) is 2. The lowest BCUT2D eigenvalue weighted by atomic mass is 10.1. The van der Waals surface area contributed by atoms with Crippen LogP contribution in [0, 0.1) is 0 Å². The molecule has 2 unspecified atom stereocenters. The normalized spacial score (nSPS) is 18.2. The highest BCUT2D eigenvalue weighted by molar-refractivity contribution is 5.82. The number of rotatable bonds is 8. The summed E-state index contributed by atoms with van der Waals surface area (Å²) >= 11 is 0. The number of ether oxygens (including phenoxy) is 1. The van der Waals surface area contributed by atoms with E-state index >= 15 is 0 Å². The molecule has 0 saturated carbocycles. The van der Waals surface area contributed by atoms with Crippen molar-refractivity contribution in [1.29, 1.82) is 0 Å². The van der Waals surface area contributed by atoms with Crippen molar-refractivity contribution in [2.45, 2.75) is 31.2 Å². The highest BCUT2D eigenvalue weighted by atomic mass is 19.4. The average Bonchev–Trinajstić information content (AvgIpc) is 3.19. The van der Waals surface area contributed by atoms with E-state index in [0.29, 0.717) is 25.1 Å². The number of nitrogens with one attached hydrogen (secondary N) is 1. The first-order valence-electron chi connectivity index (χ1n) is 9.87. The molecule has 1 aliphatic heterocycles. The van der Waals surface area contributed by atoms with Gasteiger partial charge in [-0.05, 0) is 42.6 Å². The number of halogens is 3. The molecule has 30 heavy (non-hydrogen) atoms. The predicted molar refractivity (Wildman–Crippen MR) is 107 cm³/mol. The summed E-state index contributed by atoms with van der Waals surface area (Å²) in [4.78, 5) is 13.8. The zero-order valence-electron chi connectivity index (χ0n) is 16.4. The molecule has 2 aromatic rings. The molecular formula is C22H25F3N2O3. The van der Waals surface area contributed by atoms with Crippen molar-refractivity contribution in [2.75, 3.05) is 26.2 Å². The van der Waals surface area contributed by atoms with Gasteiger partial charge in [-0.25, -0.2) is 0 Å². The van der Waals surface area contributed by atoms with E-state index in [9.17, 15) is 23.1 Å². The minimum atomic E-state index is -4.44. The fourth-order valence-corrected chi connectivity index (χ4v) is 3.54. The summed E-state index contributed by atoms with van der Waals surface area (Å²) < 4.78 is 42.6. The summed E-state index contributed by atoms with van der Waals surface area (Å²) in [5, 5.41) is 12.2. The Morgan fingerprint density at radius 2 is 1.80 bits per heavy atom. The Morgan fingerprint density at radius 1 is 1.13 bits per heavy atom. The number of amides is 1. The lowest BCUT2D eigenvalue weighted by Gasteiger charge is -2.26. The van der Waals surface area contributed by atoms with E-state index in [0.717, 1.165) is 11.1 Å². The molecule has 2 N–H and O–H groups in total. The topological polar surface area (TPSA) is 61.8 Å². The van der Waals surface area contributed by atoms with Gasteiger partial charge in [0.25, 0.3) is 0 Å². The average molecular weight is 422 g/mol. The van der Waals surface area contributed by atoms with Gasteiger partial charge in [-0.2, -0.15) is 13.2 Å². The van der Waals surface area contributed by atoms with Crippen LogP contribution in [0.4, 0.5) is 13.2 Å². The largest absolute Gasteiger partial charge is 0.491 e. The second kappa shape index (κ2) is 9.95. The molecule has 0 aromatic heterocycles. The first-order chi connectivity index (χ1) is 14.3. The Labute approximate surface area is 173 Å². The molecule has 1 fully saturated rings. The van der Waals surface area contributed by atoms with E-state index in [2.05, 4.69) is 0 Å². The highest BCUT2D eigenvalue weighted by Crippen LogP contribution is 2.23. The van der Waals surface area contributed by atoms with Crippen molar-refractivity contribution >= 4 is 5.91 Å². The number of carbonyl (C=O) groups is 1. The fraction of sp³-hybridized carbons (Fsp3) is 0.409. The van der Waals surface area contributed by atoms with E-state index in [-0.39, 0.29) is 13.2 Å². The molecule has 8 heteroatoms. The molecule has 0 bridgehead atoms. The van der Waals surface area contributed by atoms with Crippen molar-refractivity contribution < 1.29 is 27.8 Å². The van der Waals surface area contributed by atoms with Crippen molar-refractivity contribution in [3.63, 3.8) is 0 Å². The standard InChI is InChI=1S/C22H25F3N2O3/c23-22(24,25)15-26-21(29)20-7-4-12-27(20)13-18(28)14-30-19-10-8-17(9-11-19)16-5-2-1-3-6-16/h1-3,5-6,8-11,18,20,28H,4,7,12-15H2,(H,26,29). The molecule has 0 spiro atoms. The molecule has 0 aliphatic carbocycles. The van der Waals surface area contributed by atoms with Crippen molar-refractivity contribution in [2.24, 2.45) is 0 Å². The van der Waals surface area contributed by atoms with Crippen LogP contribution >= 0.6 is 0 Å². The van der Waals surface area contributed by atoms with Crippen LogP contribution in [0.5, 0.6) is 5.75 Å². The Kier molecular flexibility index (Phi) is 7.33. The molecule has 1 saturated heterocycles. The lowest BCUT2D eigenvalue weighted by molar-refractivity contribution is -0.141. The zero-order valence-corrected chi connectivity index (χ0v) is 16.4. The quantitative estimate of drug-likeness (QED) is 0.686. The van der Waals surface area contributed by atoms with E-state index in [1.165, 1.54) is 0 Å². The number of likely N-dealkylation sites (tertiary alicyclic amines) is 1. The summed E-state index contributed by atoms with van der Waals surface area (Å²) in [6, 6.07) is 16.7. The van der Waals surface area contributed by atoms with E-state index in [1.54, 1.807) is 4.90 Å². The van der Waals surface area contributed by atoms with Gasteiger partial charge < -0.3 is 15.2 Å². The van der Waals surface area contributed by atoms with Crippen LogP contribution in [0.2, 0.25) is 0 Å². The Morgan fingerprint density at radius 3 is 2.47 bits per heavy atom. The minimum Gasteiger partial charge on any atom is -0.491 e. The highest BCUT2D eigenvalue weighted by Gasteiger charge is 2.34. The smallest absolute Gasteiger partial charge is 0.405 e. The van der Waals surface area contributed by atoms with E-state index in [4.69, 9.17) is 4.74 Å². The third-order valence-electron chi connectivity index (χ3n) is 4.98. The number of aliphatic hydroxyl groups excluding tert-OH is 1. The van der Waals surface area contributed by atoms with Crippen molar-refractivity contribution in [3.8, 4) is 16.9 Å². The number of hydrogen-bond acceptors (Lipinski definition) is 4. The number of aliphatic hydroxyl groups is 1. The Bertz CT molecular complexity index is 813. The van der Waals surface area contributed by atoms with Gasteiger partial charge in [-0.15, -0.1) is 0 Å². The summed E-state index contributed by atoms with van der Waals surface area (Å²) in [6.07, 6.45) is -4.14. The molecule has 1 heterocycles. The number of carbonyl (C=O) groups excluding carboxylic acids is 1. The minimum absolute atomic E-state index is 0.0259. The number of β-amino-alcohol motifs (C(OH)–C–C–N with tert-alkyl or cyclic N) is 1. The van der Waals surface area contributed by atoms with Gasteiger partial charge >= 0.3 is 6.18 Å². The summed E-state index contributed by atoms with van der Waals surface area (Å²) in [7, 11) is 0. The molecule has 5 nitrogen and oxygen atoms in total. The van der Waals surface area contributed by atoms with Crippen LogP contribution in [-0.2, 0) is 4.79 Å². The van der Waals surface area contributed by atoms with Crippen LogP contribution in [0.15, 0.2) is 54.6 Å². The van der Waals surface area contributed by atoms with Crippen LogP contribution in [0.25, 0.3) is 11.1 Å². The second-order valence-corrected chi connectivity index (χ2v) is 7.34. The molecule has 1 amide bonds. The van der Waals surface area contributed by atoms with Gasteiger partial charge in [-0.1, -0.05) is 42.5 Å². The monoisotopic (exact) mass is 422 g/mol. The number of benzene rings is 2. The fourth-order valence-electron chi connectivity index (χ4n) is 3.54. The van der Waals surface area contributed by atoms with Gasteiger partial charge in [-0.3, -0.25) is 9.69 Å². The van der Waals surface area contributed by atoms with Gasteiger partial charge in [0, 0.05) is 6.54 Å². The van der Waals surface area contributed by atoms with Crippen molar-refractivity contribution in [1.82, 2.24) is 10.2 Å². The lowest BCUT2D eigenvalue weighted by Crippen LogP contribution is -2.48. The first-order valence-corrected chi connectivity index (χ1v) is 9.87. The van der Waals surface area contributed by atoms with Gasteiger partial charge in [0.2, 0.25) is 5.91 Å². The number of nitrogens with zero attached hydrogens (tertiary/aromatic N) is 1. The zero-order chi connectivity index (χ0) is 21.6. The van der Waals surface area contributed by atoms with Crippen LogP contribution in [0.3, 0.4) is 0 Å². The summed E-state index contributed by atoms with van der Waals surface area (Å²) in [6.45, 7) is -0.613. The third kappa shape index (κ3) is 6.47. The maximum atomic E-state index is 12.3. The maximum absolute atomic E-state index is 12.3. The molecule has 1 aliphatic rings. The predicted octanol–water partition coefficient (Wildman–Crippen LogP) is 3.24. The molecule has 162 valence electrons. The van der Waals surface area contributed by atoms with Crippen LogP contribution in [-0.4, -0.2) is 60.5 Å². The van der Waals surface area contributed by atoms with Gasteiger partial charge in [0.15, 0.2) is 0 Å². The van der Waals surface area contributed by atoms with Gasteiger partial charge in [0.1, 0.15) is 25.0 Å². The summed E-state index contributed by atoms with van der Waals surface area (Å²) in [5.41, 5.74) is 2.14.